The van der Waals surface area contributed by atoms with Crippen LogP contribution in [0.15, 0.2) is 41.3 Å². The van der Waals surface area contributed by atoms with E-state index in [0.717, 1.165) is 0 Å². The van der Waals surface area contributed by atoms with E-state index in [2.05, 4.69) is 0 Å². The number of carbonyl (C=O) groups is 1. The van der Waals surface area contributed by atoms with Gasteiger partial charge in [-0.1, -0.05) is 29.3 Å². The molecular formula is C20H20Cl2N2O5S. The first-order valence-electron chi connectivity index (χ1n) is 9.47. The van der Waals surface area contributed by atoms with Crippen molar-refractivity contribution in [2.75, 3.05) is 39.4 Å². The third-order valence-electron chi connectivity index (χ3n) is 5.13. The zero-order chi connectivity index (χ0) is 21.3. The van der Waals surface area contributed by atoms with Gasteiger partial charge in [-0.2, -0.15) is 4.31 Å². The lowest BCUT2D eigenvalue weighted by Crippen LogP contribution is -2.50. The molecule has 1 fully saturated rings. The molecule has 2 aromatic rings. The second kappa shape index (κ2) is 8.63. The van der Waals surface area contributed by atoms with E-state index >= 15 is 0 Å². The summed E-state index contributed by atoms with van der Waals surface area (Å²) >= 11 is 12.3. The second-order valence-corrected chi connectivity index (χ2v) is 9.72. The maximum absolute atomic E-state index is 13.0. The Labute approximate surface area is 185 Å². The van der Waals surface area contributed by atoms with Crippen molar-refractivity contribution in [1.29, 1.82) is 0 Å². The van der Waals surface area contributed by atoms with Crippen LogP contribution in [0.25, 0.3) is 0 Å². The molecule has 7 nitrogen and oxygen atoms in total. The predicted octanol–water partition coefficient (Wildman–Crippen LogP) is 2.84. The number of rotatable bonds is 4. The van der Waals surface area contributed by atoms with Gasteiger partial charge in [-0.15, -0.1) is 0 Å². The lowest BCUT2D eigenvalue weighted by atomic mass is 10.1. The maximum Gasteiger partial charge on any atom is 0.243 e. The molecular weight excluding hydrogens is 451 g/mol. The van der Waals surface area contributed by atoms with Crippen LogP contribution < -0.4 is 9.47 Å². The molecule has 0 aliphatic carbocycles. The molecule has 0 saturated carbocycles. The normalized spacial score (nSPS) is 17.1. The number of piperazine rings is 1. The summed E-state index contributed by atoms with van der Waals surface area (Å²) in [5, 5.41) is 0.881. The van der Waals surface area contributed by atoms with E-state index in [-0.39, 0.29) is 30.3 Å². The highest BCUT2D eigenvalue weighted by atomic mass is 35.5. The summed E-state index contributed by atoms with van der Waals surface area (Å²) in [6.45, 7) is 1.83. The van der Waals surface area contributed by atoms with Crippen molar-refractivity contribution in [3.05, 3.63) is 52.0 Å². The van der Waals surface area contributed by atoms with Gasteiger partial charge in [0, 0.05) is 42.3 Å². The predicted molar refractivity (Wildman–Crippen MR) is 113 cm³/mol. The van der Waals surface area contributed by atoms with Gasteiger partial charge in [0.2, 0.25) is 15.9 Å². The van der Waals surface area contributed by atoms with Crippen molar-refractivity contribution in [2.45, 2.75) is 11.3 Å². The summed E-state index contributed by atoms with van der Waals surface area (Å²) in [5.74, 6) is 0.822. The topological polar surface area (TPSA) is 76.2 Å². The van der Waals surface area contributed by atoms with Crippen LogP contribution in [0.3, 0.4) is 0 Å². The minimum Gasteiger partial charge on any atom is -0.486 e. The average molecular weight is 471 g/mol. The number of hydrogen-bond acceptors (Lipinski definition) is 5. The summed E-state index contributed by atoms with van der Waals surface area (Å²) in [6, 6.07) is 9.71. The van der Waals surface area contributed by atoms with Gasteiger partial charge < -0.3 is 14.4 Å². The van der Waals surface area contributed by atoms with E-state index in [9.17, 15) is 13.2 Å². The Hall–Kier alpha value is -2.00. The number of carbonyl (C=O) groups excluding carboxylic acids is 1. The Kier molecular flexibility index (Phi) is 6.11. The molecule has 4 rings (SSSR count). The number of halogens is 2. The molecule has 30 heavy (non-hydrogen) atoms. The summed E-state index contributed by atoms with van der Waals surface area (Å²) in [6.07, 6.45) is 0.0768. The standard InChI is InChI=1S/C20H20Cl2N2O5S/c21-16-2-1-3-17(22)15(16)13-20(25)23-6-8-24(9-7-23)30(26,27)14-4-5-18-19(12-14)29-11-10-28-18/h1-5,12H,6-11,13H2. The van der Waals surface area contributed by atoms with Crippen LogP contribution >= 0.6 is 23.2 Å². The Morgan fingerprint density at radius 1 is 0.933 bits per heavy atom. The van der Waals surface area contributed by atoms with Crippen molar-refractivity contribution >= 4 is 39.1 Å². The van der Waals surface area contributed by atoms with Gasteiger partial charge in [-0.05, 0) is 29.8 Å². The van der Waals surface area contributed by atoms with Gasteiger partial charge in [-0.3, -0.25) is 4.79 Å². The molecule has 0 radical (unpaired) electrons. The fraction of sp³-hybridized carbons (Fsp3) is 0.350. The van der Waals surface area contributed by atoms with Crippen molar-refractivity contribution in [2.24, 2.45) is 0 Å². The zero-order valence-electron chi connectivity index (χ0n) is 16.0. The van der Waals surface area contributed by atoms with E-state index in [1.165, 1.54) is 16.4 Å². The molecule has 0 unspecified atom stereocenters. The van der Waals surface area contributed by atoms with Gasteiger partial charge in [0.05, 0.1) is 11.3 Å². The number of hydrogen-bond donors (Lipinski definition) is 0. The van der Waals surface area contributed by atoms with E-state index in [1.54, 1.807) is 29.2 Å². The highest BCUT2D eigenvalue weighted by Gasteiger charge is 2.31. The smallest absolute Gasteiger partial charge is 0.243 e. The molecule has 2 aromatic carbocycles. The molecule has 10 heteroatoms. The molecule has 1 saturated heterocycles. The summed E-state index contributed by atoms with van der Waals surface area (Å²) in [4.78, 5) is 14.5. The van der Waals surface area contributed by atoms with Crippen LogP contribution in [0, 0.1) is 0 Å². The van der Waals surface area contributed by atoms with E-state index in [1.807, 2.05) is 0 Å². The molecule has 2 aliphatic rings. The summed E-state index contributed by atoms with van der Waals surface area (Å²) in [7, 11) is -3.70. The zero-order valence-corrected chi connectivity index (χ0v) is 18.3. The van der Waals surface area contributed by atoms with Crippen molar-refractivity contribution in [1.82, 2.24) is 9.21 Å². The molecule has 0 bridgehead atoms. The minimum absolute atomic E-state index is 0.0768. The number of benzene rings is 2. The van der Waals surface area contributed by atoms with Crippen LogP contribution in [-0.4, -0.2) is 62.9 Å². The first-order chi connectivity index (χ1) is 14.4. The maximum atomic E-state index is 13.0. The number of amides is 1. The lowest BCUT2D eigenvalue weighted by Gasteiger charge is -2.34. The molecule has 0 atom stereocenters. The monoisotopic (exact) mass is 470 g/mol. The van der Waals surface area contributed by atoms with E-state index in [4.69, 9.17) is 32.7 Å². The molecule has 0 spiro atoms. The third-order valence-corrected chi connectivity index (χ3v) is 7.74. The van der Waals surface area contributed by atoms with Gasteiger partial charge >= 0.3 is 0 Å². The number of sulfonamides is 1. The molecule has 0 aromatic heterocycles. The number of nitrogens with zero attached hydrogens (tertiary/aromatic N) is 2. The van der Waals surface area contributed by atoms with Gasteiger partial charge in [0.15, 0.2) is 11.5 Å². The lowest BCUT2D eigenvalue weighted by molar-refractivity contribution is -0.131. The fourth-order valence-electron chi connectivity index (χ4n) is 3.48. The fourth-order valence-corrected chi connectivity index (χ4v) is 5.44. The molecule has 2 aliphatic heterocycles. The van der Waals surface area contributed by atoms with E-state index in [0.29, 0.717) is 53.4 Å². The first kappa shape index (κ1) is 21.2. The molecule has 2 heterocycles. The Bertz CT molecular complexity index is 1050. The molecule has 0 N–H and O–H groups in total. The Morgan fingerprint density at radius 3 is 2.23 bits per heavy atom. The van der Waals surface area contributed by atoms with Crippen LogP contribution in [0.4, 0.5) is 0 Å². The highest BCUT2D eigenvalue weighted by molar-refractivity contribution is 7.89. The summed E-state index contributed by atoms with van der Waals surface area (Å²) < 4.78 is 38.4. The Morgan fingerprint density at radius 2 is 1.57 bits per heavy atom. The summed E-state index contributed by atoms with van der Waals surface area (Å²) in [5.41, 5.74) is 0.581. The second-order valence-electron chi connectivity index (χ2n) is 6.97. The van der Waals surface area contributed by atoms with Crippen LogP contribution in [0.1, 0.15) is 5.56 Å². The van der Waals surface area contributed by atoms with Crippen molar-refractivity contribution in [3.8, 4) is 11.5 Å². The highest BCUT2D eigenvalue weighted by Crippen LogP contribution is 2.33. The average Bonchev–Trinajstić information content (AvgIpc) is 2.76. The molecule has 1 amide bonds. The van der Waals surface area contributed by atoms with E-state index < -0.39 is 10.0 Å². The SMILES string of the molecule is O=C(Cc1c(Cl)cccc1Cl)N1CCN(S(=O)(=O)c2ccc3c(c2)OCCO3)CC1. The van der Waals surface area contributed by atoms with Gasteiger partial charge in [-0.25, -0.2) is 8.42 Å². The largest absolute Gasteiger partial charge is 0.486 e. The minimum atomic E-state index is -3.70. The Balaban J connectivity index is 1.42. The third kappa shape index (κ3) is 4.23. The number of fused-ring (bicyclic) bond motifs is 1. The van der Waals surface area contributed by atoms with Crippen molar-refractivity contribution in [3.63, 3.8) is 0 Å². The van der Waals surface area contributed by atoms with Gasteiger partial charge in [0.1, 0.15) is 13.2 Å². The van der Waals surface area contributed by atoms with Crippen LogP contribution in [0.5, 0.6) is 11.5 Å². The quantitative estimate of drug-likeness (QED) is 0.686. The van der Waals surface area contributed by atoms with Crippen LogP contribution in [0.2, 0.25) is 10.0 Å². The van der Waals surface area contributed by atoms with Crippen molar-refractivity contribution < 1.29 is 22.7 Å². The van der Waals surface area contributed by atoms with Crippen LogP contribution in [-0.2, 0) is 21.2 Å². The molecule has 160 valence electrons. The first-order valence-corrected chi connectivity index (χ1v) is 11.7. The van der Waals surface area contributed by atoms with Gasteiger partial charge in [0.25, 0.3) is 0 Å². The number of ether oxygens (including phenoxy) is 2.